The van der Waals surface area contributed by atoms with Crippen molar-refractivity contribution < 1.29 is 4.74 Å². The fourth-order valence-electron chi connectivity index (χ4n) is 4.25. The van der Waals surface area contributed by atoms with Gasteiger partial charge in [-0.2, -0.15) is 0 Å². The van der Waals surface area contributed by atoms with E-state index in [1.54, 1.807) is 0 Å². The highest BCUT2D eigenvalue weighted by atomic mass is 127. The van der Waals surface area contributed by atoms with Crippen molar-refractivity contribution in [2.24, 2.45) is 10.9 Å². The minimum Gasteiger partial charge on any atom is -0.378 e. The molecule has 1 N–H and O–H groups in total. The van der Waals surface area contributed by atoms with Crippen molar-refractivity contribution in [1.82, 2.24) is 15.1 Å². The lowest BCUT2D eigenvalue weighted by Gasteiger charge is -2.36. The van der Waals surface area contributed by atoms with E-state index in [-0.39, 0.29) is 24.0 Å². The molecule has 1 aromatic rings. The number of benzene rings is 1. The molecule has 5 nitrogen and oxygen atoms in total. The Balaban J connectivity index is 0.00000300. The molecule has 0 bridgehead atoms. The SMILES string of the molecule is CCOC1CCN(C(=NC)NCC2CCN(Cc3ccccc3Cl)CC2)CC1.I. The third-order valence-electron chi connectivity index (χ3n) is 5.96. The van der Waals surface area contributed by atoms with Gasteiger partial charge < -0.3 is 15.0 Å². The molecule has 0 radical (unpaired) electrons. The molecule has 3 rings (SSSR count). The largest absolute Gasteiger partial charge is 0.378 e. The van der Waals surface area contributed by atoms with Crippen molar-refractivity contribution in [1.29, 1.82) is 0 Å². The van der Waals surface area contributed by atoms with Gasteiger partial charge >= 0.3 is 0 Å². The molecule has 0 amide bonds. The summed E-state index contributed by atoms with van der Waals surface area (Å²) >= 11 is 6.31. The topological polar surface area (TPSA) is 40.1 Å². The average molecular weight is 535 g/mol. The predicted molar refractivity (Wildman–Crippen MR) is 132 cm³/mol. The highest BCUT2D eigenvalue weighted by Gasteiger charge is 2.23. The number of hydrogen-bond acceptors (Lipinski definition) is 3. The first-order valence-electron chi connectivity index (χ1n) is 10.7. The predicted octanol–water partition coefficient (Wildman–Crippen LogP) is 4.25. The highest BCUT2D eigenvalue weighted by Crippen LogP contribution is 2.22. The van der Waals surface area contributed by atoms with Crippen LogP contribution in [0.5, 0.6) is 0 Å². The molecule has 2 fully saturated rings. The second-order valence-electron chi connectivity index (χ2n) is 7.88. The molecule has 0 atom stereocenters. The second kappa shape index (κ2) is 13.0. The van der Waals surface area contributed by atoms with Gasteiger partial charge in [0.25, 0.3) is 0 Å². The summed E-state index contributed by atoms with van der Waals surface area (Å²) in [6.07, 6.45) is 5.05. The van der Waals surface area contributed by atoms with E-state index >= 15 is 0 Å². The van der Waals surface area contributed by atoms with Gasteiger partial charge in [0, 0.05) is 44.9 Å². The van der Waals surface area contributed by atoms with Gasteiger partial charge in [-0.25, -0.2) is 0 Å². The average Bonchev–Trinajstić information content (AvgIpc) is 2.73. The first-order valence-corrected chi connectivity index (χ1v) is 11.1. The number of aliphatic imine (C=N–C) groups is 1. The maximum absolute atomic E-state index is 6.31. The molecule has 29 heavy (non-hydrogen) atoms. The summed E-state index contributed by atoms with van der Waals surface area (Å²) in [6, 6.07) is 8.18. The van der Waals surface area contributed by atoms with E-state index < -0.39 is 0 Å². The molecule has 0 aromatic heterocycles. The molecular weight excluding hydrogens is 499 g/mol. The molecule has 0 spiro atoms. The Morgan fingerprint density at radius 3 is 2.45 bits per heavy atom. The molecular formula is C22H36ClIN4O. The van der Waals surface area contributed by atoms with Gasteiger partial charge in [0.15, 0.2) is 5.96 Å². The van der Waals surface area contributed by atoms with Gasteiger partial charge in [0.2, 0.25) is 0 Å². The van der Waals surface area contributed by atoms with Crippen LogP contribution in [0.15, 0.2) is 29.3 Å². The van der Waals surface area contributed by atoms with Gasteiger partial charge in [-0.15, -0.1) is 24.0 Å². The number of nitrogens with zero attached hydrogens (tertiary/aromatic N) is 3. The zero-order chi connectivity index (χ0) is 19.8. The number of halogens is 2. The molecule has 2 saturated heterocycles. The summed E-state index contributed by atoms with van der Waals surface area (Å²) in [6.45, 7) is 9.18. The van der Waals surface area contributed by atoms with Gasteiger partial charge in [-0.1, -0.05) is 29.8 Å². The molecule has 0 unspecified atom stereocenters. The van der Waals surface area contributed by atoms with Crippen LogP contribution in [0, 0.1) is 5.92 Å². The Labute approximate surface area is 198 Å². The lowest BCUT2D eigenvalue weighted by atomic mass is 9.96. The van der Waals surface area contributed by atoms with Crippen molar-refractivity contribution in [2.45, 2.75) is 45.3 Å². The smallest absolute Gasteiger partial charge is 0.193 e. The molecule has 2 aliphatic rings. The van der Waals surface area contributed by atoms with E-state index in [2.05, 4.69) is 39.2 Å². The van der Waals surface area contributed by atoms with Crippen LogP contribution in [0.25, 0.3) is 0 Å². The van der Waals surface area contributed by atoms with Crippen molar-refractivity contribution in [3.05, 3.63) is 34.9 Å². The summed E-state index contributed by atoms with van der Waals surface area (Å²) in [5.41, 5.74) is 1.23. The number of ether oxygens (including phenoxy) is 1. The van der Waals surface area contributed by atoms with Gasteiger partial charge in [-0.05, 0) is 63.2 Å². The number of hydrogen-bond donors (Lipinski definition) is 1. The Bertz CT molecular complexity index is 629. The molecule has 0 saturated carbocycles. The number of piperidine rings is 2. The van der Waals surface area contributed by atoms with Gasteiger partial charge in [0.1, 0.15) is 0 Å². The minimum absolute atomic E-state index is 0. The third kappa shape index (κ3) is 7.56. The summed E-state index contributed by atoms with van der Waals surface area (Å²) in [4.78, 5) is 9.41. The Kier molecular flexibility index (Phi) is 11.0. The lowest BCUT2D eigenvalue weighted by molar-refractivity contribution is 0.0263. The Morgan fingerprint density at radius 1 is 1.14 bits per heavy atom. The number of guanidine groups is 1. The maximum Gasteiger partial charge on any atom is 0.193 e. The van der Waals surface area contributed by atoms with Crippen LogP contribution in [-0.2, 0) is 11.3 Å². The quantitative estimate of drug-likeness (QED) is 0.337. The van der Waals surface area contributed by atoms with Crippen molar-refractivity contribution in [3.8, 4) is 0 Å². The molecule has 0 aliphatic carbocycles. The van der Waals surface area contributed by atoms with E-state index in [0.717, 1.165) is 69.7 Å². The van der Waals surface area contributed by atoms with Crippen molar-refractivity contribution >= 4 is 41.5 Å². The number of likely N-dealkylation sites (tertiary alicyclic amines) is 2. The van der Waals surface area contributed by atoms with Gasteiger partial charge in [-0.3, -0.25) is 9.89 Å². The summed E-state index contributed by atoms with van der Waals surface area (Å²) in [7, 11) is 1.89. The number of nitrogens with one attached hydrogen (secondary N) is 1. The summed E-state index contributed by atoms with van der Waals surface area (Å²) in [5.74, 6) is 1.76. The van der Waals surface area contributed by atoms with Crippen molar-refractivity contribution in [2.75, 3.05) is 46.4 Å². The molecule has 2 heterocycles. The van der Waals surface area contributed by atoms with Crippen LogP contribution in [-0.4, -0.2) is 68.2 Å². The lowest BCUT2D eigenvalue weighted by Crippen LogP contribution is -2.48. The van der Waals surface area contributed by atoms with E-state index in [4.69, 9.17) is 16.3 Å². The summed E-state index contributed by atoms with van der Waals surface area (Å²) < 4.78 is 5.76. The first kappa shape index (κ1) is 24.7. The highest BCUT2D eigenvalue weighted by molar-refractivity contribution is 14.0. The van der Waals surface area contributed by atoms with Crippen LogP contribution in [0.2, 0.25) is 5.02 Å². The van der Waals surface area contributed by atoms with E-state index in [1.807, 2.05) is 19.2 Å². The van der Waals surface area contributed by atoms with Crippen LogP contribution in [0.3, 0.4) is 0 Å². The molecule has 164 valence electrons. The van der Waals surface area contributed by atoms with Crippen LogP contribution in [0.1, 0.15) is 38.2 Å². The van der Waals surface area contributed by atoms with Crippen molar-refractivity contribution in [3.63, 3.8) is 0 Å². The monoisotopic (exact) mass is 534 g/mol. The fourth-order valence-corrected chi connectivity index (χ4v) is 4.45. The minimum atomic E-state index is 0. The fraction of sp³-hybridized carbons (Fsp3) is 0.682. The maximum atomic E-state index is 6.31. The van der Waals surface area contributed by atoms with Crippen LogP contribution < -0.4 is 5.32 Å². The molecule has 2 aliphatic heterocycles. The van der Waals surface area contributed by atoms with E-state index in [9.17, 15) is 0 Å². The first-order chi connectivity index (χ1) is 13.7. The molecule has 1 aromatic carbocycles. The molecule has 7 heteroatoms. The van der Waals surface area contributed by atoms with Crippen LogP contribution >= 0.6 is 35.6 Å². The Hall–Kier alpha value is -0.570. The van der Waals surface area contributed by atoms with E-state index in [1.165, 1.54) is 18.4 Å². The Morgan fingerprint density at radius 2 is 1.83 bits per heavy atom. The number of rotatable bonds is 6. The van der Waals surface area contributed by atoms with Crippen LogP contribution in [0.4, 0.5) is 0 Å². The second-order valence-corrected chi connectivity index (χ2v) is 8.29. The van der Waals surface area contributed by atoms with E-state index in [0.29, 0.717) is 12.0 Å². The third-order valence-corrected chi connectivity index (χ3v) is 6.33. The zero-order valence-corrected chi connectivity index (χ0v) is 20.9. The summed E-state index contributed by atoms with van der Waals surface area (Å²) in [5, 5.41) is 4.50. The standard InChI is InChI=1S/C22H35ClN4O.HI/c1-3-28-20-10-14-27(15-11-20)22(24-2)25-16-18-8-12-26(13-9-18)17-19-6-4-5-7-21(19)23;/h4-7,18,20H,3,8-17H2,1-2H3,(H,24,25);1H. The van der Waals surface area contributed by atoms with Gasteiger partial charge in [0.05, 0.1) is 6.10 Å². The normalized spacial score (nSPS) is 19.8. The zero-order valence-electron chi connectivity index (χ0n) is 17.8.